The van der Waals surface area contributed by atoms with E-state index in [1.165, 1.54) is 22.9 Å². The summed E-state index contributed by atoms with van der Waals surface area (Å²) in [6.07, 6.45) is -1.83. The second-order valence-corrected chi connectivity index (χ2v) is 8.08. The van der Waals surface area contributed by atoms with Gasteiger partial charge in [-0.3, -0.25) is 9.59 Å². The van der Waals surface area contributed by atoms with Crippen molar-refractivity contribution >= 4 is 11.6 Å². The lowest BCUT2D eigenvalue weighted by molar-refractivity contribution is -0.142. The topological polar surface area (TPSA) is 72.5 Å². The molecule has 0 aromatic carbocycles. The maximum absolute atomic E-state index is 13.7. The fourth-order valence-electron chi connectivity index (χ4n) is 3.84. The van der Waals surface area contributed by atoms with Crippen LogP contribution in [0.5, 0.6) is 0 Å². The Morgan fingerprint density at radius 2 is 1.97 bits per heavy atom. The number of alkyl halides is 3. The van der Waals surface area contributed by atoms with Crippen LogP contribution in [-0.2, 0) is 13.2 Å². The Labute approximate surface area is 176 Å². The number of amides is 1. The van der Waals surface area contributed by atoms with Gasteiger partial charge in [-0.2, -0.15) is 18.3 Å². The van der Waals surface area contributed by atoms with E-state index in [1.807, 2.05) is 0 Å². The minimum absolute atomic E-state index is 0.0985. The summed E-state index contributed by atoms with van der Waals surface area (Å²) in [4.78, 5) is 30.8. The zero-order valence-electron chi connectivity index (χ0n) is 17.3. The quantitative estimate of drug-likeness (QED) is 0.633. The van der Waals surface area contributed by atoms with E-state index >= 15 is 0 Å². The molecule has 0 aliphatic carbocycles. The number of aryl methyl sites for hydroxylation is 1. The second kappa shape index (κ2) is 7.51. The van der Waals surface area contributed by atoms with Crippen LogP contribution in [-0.4, -0.2) is 36.5 Å². The number of hydrogen-bond donors (Lipinski definition) is 0. The minimum atomic E-state index is -4.59. The number of nitrogens with zero attached hydrogens (tertiary/aromatic N) is 5. The van der Waals surface area contributed by atoms with E-state index in [0.29, 0.717) is 30.8 Å². The molecule has 164 valence electrons. The summed E-state index contributed by atoms with van der Waals surface area (Å²) in [7, 11) is 1.59. The van der Waals surface area contributed by atoms with E-state index in [9.17, 15) is 22.8 Å². The van der Waals surface area contributed by atoms with Gasteiger partial charge in [-0.15, -0.1) is 0 Å². The summed E-state index contributed by atoms with van der Waals surface area (Å²) in [5, 5.41) is 4.19. The lowest BCUT2D eigenvalue weighted by Gasteiger charge is -2.23. The molecule has 0 N–H and O–H groups in total. The van der Waals surface area contributed by atoms with Gasteiger partial charge in [0.1, 0.15) is 5.69 Å². The summed E-state index contributed by atoms with van der Waals surface area (Å²) in [5.74, 6) is -0.529. The fourth-order valence-corrected chi connectivity index (χ4v) is 3.84. The number of rotatable bonds is 3. The number of pyridine rings is 1. The standard InChI is InChI=1S/C21H22F3N5O2/c1-12(2)14-10-17(21(22,23)24)29-18(25-14)11-15(26-29)16-5-4-7-28(16)20(31)13-6-8-27(3)19(30)9-13/h6,8-12,16H,4-5,7H2,1-3H3/t16-/m0/s1. The van der Waals surface area contributed by atoms with Crippen LogP contribution >= 0.6 is 0 Å². The van der Waals surface area contributed by atoms with E-state index in [0.717, 1.165) is 10.6 Å². The molecule has 0 spiro atoms. The Bertz CT molecular complexity index is 1210. The Kier molecular flexibility index (Phi) is 5.10. The van der Waals surface area contributed by atoms with Crippen LogP contribution in [0.15, 0.2) is 35.3 Å². The molecule has 1 aliphatic heterocycles. The average Bonchev–Trinajstić information content (AvgIpc) is 3.34. The molecule has 7 nitrogen and oxygen atoms in total. The molecule has 0 bridgehead atoms. The van der Waals surface area contributed by atoms with Crippen molar-refractivity contribution in [2.24, 2.45) is 7.05 Å². The molecule has 0 unspecified atom stereocenters. The van der Waals surface area contributed by atoms with E-state index in [2.05, 4.69) is 10.1 Å². The molecule has 3 aromatic heterocycles. The number of hydrogen-bond acceptors (Lipinski definition) is 4. The minimum Gasteiger partial charge on any atom is -0.330 e. The number of halogens is 3. The first-order valence-corrected chi connectivity index (χ1v) is 10.0. The van der Waals surface area contributed by atoms with Crippen LogP contribution in [0.2, 0.25) is 0 Å². The molecule has 1 aliphatic rings. The predicted octanol–water partition coefficient (Wildman–Crippen LogP) is 3.55. The molecule has 1 fully saturated rings. The zero-order chi connectivity index (χ0) is 22.5. The van der Waals surface area contributed by atoms with Gasteiger partial charge >= 0.3 is 6.18 Å². The molecule has 0 saturated carbocycles. The van der Waals surface area contributed by atoms with Gasteiger partial charge in [0.2, 0.25) is 0 Å². The summed E-state index contributed by atoms with van der Waals surface area (Å²) in [6, 6.07) is 4.87. The second-order valence-electron chi connectivity index (χ2n) is 8.08. The summed E-state index contributed by atoms with van der Waals surface area (Å²) in [6.45, 7) is 3.99. The molecule has 3 aromatic rings. The normalized spacial score (nSPS) is 17.1. The predicted molar refractivity (Wildman–Crippen MR) is 107 cm³/mol. The summed E-state index contributed by atoms with van der Waals surface area (Å²) < 4.78 is 43.1. The van der Waals surface area contributed by atoms with Gasteiger partial charge < -0.3 is 9.47 Å². The number of carbonyl (C=O) groups is 1. The van der Waals surface area contributed by atoms with Crippen molar-refractivity contribution in [3.63, 3.8) is 0 Å². The molecule has 10 heteroatoms. The van der Waals surface area contributed by atoms with Crippen LogP contribution in [0.1, 0.15) is 66.1 Å². The molecule has 4 rings (SSSR count). The lowest BCUT2D eigenvalue weighted by atomic mass is 10.1. The molecule has 1 atom stereocenters. The van der Waals surface area contributed by atoms with Crippen molar-refractivity contribution in [2.75, 3.05) is 6.54 Å². The Balaban J connectivity index is 1.76. The van der Waals surface area contributed by atoms with Gasteiger partial charge in [0.15, 0.2) is 5.65 Å². The molecular formula is C21H22F3N5O2. The zero-order valence-corrected chi connectivity index (χ0v) is 17.3. The van der Waals surface area contributed by atoms with E-state index in [4.69, 9.17) is 0 Å². The third kappa shape index (κ3) is 3.82. The highest BCUT2D eigenvalue weighted by Crippen LogP contribution is 2.35. The van der Waals surface area contributed by atoms with Crippen LogP contribution in [0, 0.1) is 0 Å². The van der Waals surface area contributed by atoms with Gasteiger partial charge in [0.25, 0.3) is 11.5 Å². The molecule has 4 heterocycles. The monoisotopic (exact) mass is 433 g/mol. The van der Waals surface area contributed by atoms with Crippen LogP contribution < -0.4 is 5.56 Å². The SMILES string of the molecule is CC(C)c1cc(C(F)(F)F)n2nc([C@@H]3CCCN3C(=O)c3ccn(C)c(=O)c3)cc2n1. The van der Waals surface area contributed by atoms with E-state index in [-0.39, 0.29) is 28.6 Å². The highest BCUT2D eigenvalue weighted by atomic mass is 19.4. The van der Waals surface area contributed by atoms with Gasteiger partial charge in [0, 0.05) is 43.2 Å². The van der Waals surface area contributed by atoms with Crippen molar-refractivity contribution in [3.8, 4) is 0 Å². The smallest absolute Gasteiger partial charge is 0.330 e. The van der Waals surface area contributed by atoms with Crippen molar-refractivity contribution in [1.29, 1.82) is 0 Å². The van der Waals surface area contributed by atoms with Gasteiger partial charge in [-0.25, -0.2) is 9.50 Å². The first-order chi connectivity index (χ1) is 14.6. The fraction of sp³-hybridized carbons (Fsp3) is 0.429. The Morgan fingerprint density at radius 3 is 2.61 bits per heavy atom. The van der Waals surface area contributed by atoms with Gasteiger partial charge in [-0.05, 0) is 30.9 Å². The Morgan fingerprint density at radius 1 is 1.23 bits per heavy atom. The number of aromatic nitrogens is 4. The molecule has 31 heavy (non-hydrogen) atoms. The number of carbonyl (C=O) groups excluding carboxylic acids is 1. The lowest BCUT2D eigenvalue weighted by Crippen LogP contribution is -2.32. The van der Waals surface area contributed by atoms with Gasteiger partial charge in [0.05, 0.1) is 11.7 Å². The van der Waals surface area contributed by atoms with Crippen molar-refractivity contribution in [3.05, 3.63) is 63.5 Å². The molecule has 0 radical (unpaired) electrons. The van der Waals surface area contributed by atoms with E-state index in [1.54, 1.807) is 31.9 Å². The number of fused-ring (bicyclic) bond motifs is 1. The summed E-state index contributed by atoms with van der Waals surface area (Å²) >= 11 is 0. The van der Waals surface area contributed by atoms with Crippen LogP contribution in [0.25, 0.3) is 5.65 Å². The molecule has 1 amide bonds. The summed E-state index contributed by atoms with van der Waals surface area (Å²) in [5.41, 5.74) is -0.180. The number of likely N-dealkylation sites (tertiary alicyclic amines) is 1. The highest BCUT2D eigenvalue weighted by Gasteiger charge is 2.37. The van der Waals surface area contributed by atoms with Crippen molar-refractivity contribution < 1.29 is 18.0 Å². The van der Waals surface area contributed by atoms with Crippen LogP contribution in [0.4, 0.5) is 13.2 Å². The maximum Gasteiger partial charge on any atom is 0.433 e. The Hall–Kier alpha value is -3.17. The largest absolute Gasteiger partial charge is 0.433 e. The van der Waals surface area contributed by atoms with E-state index < -0.39 is 17.9 Å². The first kappa shape index (κ1) is 21.1. The van der Waals surface area contributed by atoms with Gasteiger partial charge in [-0.1, -0.05) is 13.8 Å². The van der Waals surface area contributed by atoms with Crippen molar-refractivity contribution in [2.45, 2.75) is 44.8 Å². The maximum atomic E-state index is 13.7. The van der Waals surface area contributed by atoms with Crippen LogP contribution in [0.3, 0.4) is 0 Å². The third-order valence-corrected chi connectivity index (χ3v) is 5.55. The average molecular weight is 433 g/mol. The highest BCUT2D eigenvalue weighted by molar-refractivity contribution is 5.94. The third-order valence-electron chi connectivity index (χ3n) is 5.55. The molecule has 1 saturated heterocycles. The molecular weight excluding hydrogens is 411 g/mol. The first-order valence-electron chi connectivity index (χ1n) is 10.0. The van der Waals surface area contributed by atoms with Crippen molar-refractivity contribution in [1.82, 2.24) is 24.1 Å².